The van der Waals surface area contributed by atoms with Crippen molar-refractivity contribution in [3.63, 3.8) is 0 Å². The Morgan fingerprint density at radius 1 is 0.850 bits per heavy atom. The maximum atomic E-state index is 12.6. The second kappa shape index (κ2) is 13.1. The fraction of sp³-hybridized carbons (Fsp3) is 0.258. The van der Waals surface area contributed by atoms with E-state index in [1.54, 1.807) is 48.3 Å². The summed E-state index contributed by atoms with van der Waals surface area (Å²) < 4.78 is 40.8. The van der Waals surface area contributed by atoms with Gasteiger partial charge in [0.1, 0.15) is 0 Å². The van der Waals surface area contributed by atoms with Gasteiger partial charge < -0.3 is 14.6 Å². The average Bonchev–Trinajstić information content (AvgIpc) is 3.01. The summed E-state index contributed by atoms with van der Waals surface area (Å²) in [5, 5.41) is 10.4. The molecule has 3 aromatic carbocycles. The number of hydrogen-bond donors (Lipinski definition) is 2. The van der Waals surface area contributed by atoms with E-state index >= 15 is 0 Å². The Morgan fingerprint density at radius 3 is 2.20 bits per heavy atom. The Balaban J connectivity index is 1.32. The predicted octanol–water partition coefficient (Wildman–Crippen LogP) is 5.64. The van der Waals surface area contributed by atoms with Crippen molar-refractivity contribution in [2.24, 2.45) is 5.92 Å². The van der Waals surface area contributed by atoms with Crippen LogP contribution in [-0.4, -0.2) is 30.4 Å². The van der Waals surface area contributed by atoms with E-state index < -0.39 is 16.3 Å². The number of nitrogens with zero attached hydrogens (tertiary/aromatic N) is 1. The molecular formula is C31H32N2O5S2. The summed E-state index contributed by atoms with van der Waals surface area (Å²) in [5.74, 6) is 0.780. The van der Waals surface area contributed by atoms with E-state index in [9.17, 15) is 13.5 Å². The summed E-state index contributed by atoms with van der Waals surface area (Å²) >= 11 is 1.65. The first-order valence-corrected chi connectivity index (χ1v) is 15.6. The van der Waals surface area contributed by atoms with Crippen LogP contribution in [0.4, 0.5) is 0 Å². The molecule has 0 aliphatic carbocycles. The Bertz CT molecular complexity index is 1470. The zero-order chi connectivity index (χ0) is 28.0. The first-order valence-electron chi connectivity index (χ1n) is 13.1. The monoisotopic (exact) mass is 576 g/mol. The highest BCUT2D eigenvalue weighted by molar-refractivity contribution is 7.99. The van der Waals surface area contributed by atoms with E-state index in [0.29, 0.717) is 5.75 Å². The summed E-state index contributed by atoms with van der Waals surface area (Å²) in [5.41, 5.74) is 3.55. The first kappa shape index (κ1) is 28.5. The normalized spacial score (nSPS) is 21.2. The molecule has 0 unspecified atom stereocenters. The minimum atomic E-state index is -3.60. The number of aromatic nitrogens is 1. The summed E-state index contributed by atoms with van der Waals surface area (Å²) in [4.78, 5) is 4.66. The number of sulfonamides is 1. The molecule has 4 aromatic rings. The van der Waals surface area contributed by atoms with Crippen LogP contribution in [0.25, 0.3) is 0 Å². The van der Waals surface area contributed by atoms with Gasteiger partial charge in [0.05, 0.1) is 28.7 Å². The van der Waals surface area contributed by atoms with E-state index in [4.69, 9.17) is 9.47 Å². The summed E-state index contributed by atoms with van der Waals surface area (Å²) in [7, 11) is -3.60. The van der Waals surface area contributed by atoms with Crippen LogP contribution in [0.3, 0.4) is 0 Å². The zero-order valence-electron chi connectivity index (χ0n) is 22.1. The lowest BCUT2D eigenvalue weighted by atomic mass is 9.91. The van der Waals surface area contributed by atoms with Crippen LogP contribution < -0.4 is 4.72 Å². The van der Waals surface area contributed by atoms with Crippen molar-refractivity contribution >= 4 is 21.8 Å². The van der Waals surface area contributed by atoms with Gasteiger partial charge in [-0.15, -0.1) is 11.8 Å². The Morgan fingerprint density at radius 2 is 1.52 bits per heavy atom. The van der Waals surface area contributed by atoms with Crippen LogP contribution in [0, 0.1) is 5.92 Å². The molecule has 0 bridgehead atoms. The van der Waals surface area contributed by atoms with E-state index in [1.165, 1.54) is 0 Å². The lowest BCUT2D eigenvalue weighted by Gasteiger charge is -2.41. The number of aliphatic hydroxyl groups excluding tert-OH is 1. The molecule has 0 amide bonds. The van der Waals surface area contributed by atoms with Crippen molar-refractivity contribution in [2.75, 3.05) is 5.75 Å². The smallest absolute Gasteiger partial charge is 0.240 e. The number of nitrogens with one attached hydrogen (secondary N) is 1. The molecule has 1 aliphatic heterocycles. The SMILES string of the molecule is C[C@H]1[C@@H](CSc2ccccn2)O[C@@H](c2ccc(CNS(=O)(=O)c3ccccc3)cc2)O[C@H]1c1ccc(CO)cc1. The lowest BCUT2D eigenvalue weighted by Crippen LogP contribution is -2.38. The molecule has 1 aromatic heterocycles. The molecule has 2 N–H and O–H groups in total. The van der Waals surface area contributed by atoms with E-state index in [2.05, 4.69) is 16.6 Å². The minimum absolute atomic E-state index is 0.00963. The number of hydrogen-bond acceptors (Lipinski definition) is 7. The van der Waals surface area contributed by atoms with Crippen molar-refractivity contribution in [3.8, 4) is 0 Å². The molecule has 208 valence electrons. The standard InChI is InChI=1S/C31H32N2O5S2/c1-22-28(21-39-29-9-5-6-18-32-29)37-31(38-30(22)25-14-12-24(20-34)13-15-25)26-16-10-23(11-17-26)19-33-40(35,36)27-7-3-2-4-8-27/h2-18,22,28,30-31,33-34H,19-21H2,1H3/t22-,28+,30+,31+/m0/s1. The fourth-order valence-corrected chi connectivity index (χ4v) is 6.63. The molecule has 0 spiro atoms. The Hall–Kier alpha value is -3.05. The molecule has 5 rings (SSSR count). The highest BCUT2D eigenvalue weighted by atomic mass is 32.2. The van der Waals surface area contributed by atoms with Crippen molar-refractivity contribution in [1.29, 1.82) is 0 Å². The van der Waals surface area contributed by atoms with Crippen molar-refractivity contribution in [3.05, 3.63) is 126 Å². The van der Waals surface area contributed by atoms with Crippen LogP contribution in [0.15, 0.2) is 113 Å². The zero-order valence-corrected chi connectivity index (χ0v) is 23.7. The number of benzene rings is 3. The highest BCUT2D eigenvalue weighted by Gasteiger charge is 2.38. The predicted molar refractivity (Wildman–Crippen MR) is 155 cm³/mol. The number of thioether (sulfide) groups is 1. The fourth-order valence-electron chi connectivity index (χ4n) is 4.56. The number of ether oxygens (including phenoxy) is 2. The van der Waals surface area contributed by atoms with E-state index in [0.717, 1.165) is 27.3 Å². The first-order chi connectivity index (χ1) is 19.4. The number of rotatable bonds is 10. The van der Waals surface area contributed by atoms with E-state index in [-0.39, 0.29) is 36.2 Å². The topological polar surface area (TPSA) is 97.8 Å². The molecule has 4 atom stereocenters. The molecule has 1 saturated heterocycles. The van der Waals surface area contributed by atoms with Crippen LogP contribution in [0.2, 0.25) is 0 Å². The van der Waals surface area contributed by atoms with Gasteiger partial charge in [0.25, 0.3) is 0 Å². The van der Waals surface area contributed by atoms with Gasteiger partial charge >= 0.3 is 0 Å². The van der Waals surface area contributed by atoms with Crippen LogP contribution in [-0.2, 0) is 32.6 Å². The van der Waals surface area contributed by atoms with Gasteiger partial charge in [-0.3, -0.25) is 0 Å². The van der Waals surface area contributed by atoms with Crippen molar-refractivity contribution in [2.45, 2.75) is 48.5 Å². The van der Waals surface area contributed by atoms with Gasteiger partial charge in [0, 0.05) is 30.0 Å². The molecule has 9 heteroatoms. The highest BCUT2D eigenvalue weighted by Crippen LogP contribution is 2.42. The summed E-state index contributed by atoms with van der Waals surface area (Å²) in [6, 6.07) is 29.6. The Labute approximate surface area is 239 Å². The van der Waals surface area contributed by atoms with Gasteiger partial charge in [0.15, 0.2) is 6.29 Å². The van der Waals surface area contributed by atoms with Gasteiger partial charge in [-0.2, -0.15) is 0 Å². The average molecular weight is 577 g/mol. The molecule has 0 saturated carbocycles. The third-order valence-electron chi connectivity index (χ3n) is 6.93. The molecule has 1 fully saturated rings. The maximum Gasteiger partial charge on any atom is 0.240 e. The molecule has 2 heterocycles. The van der Waals surface area contributed by atoms with Crippen LogP contribution >= 0.6 is 11.8 Å². The maximum absolute atomic E-state index is 12.6. The number of aliphatic hydroxyl groups is 1. The quantitative estimate of drug-likeness (QED) is 0.236. The molecule has 1 aliphatic rings. The van der Waals surface area contributed by atoms with Gasteiger partial charge in [-0.05, 0) is 41.0 Å². The van der Waals surface area contributed by atoms with Gasteiger partial charge in [0.2, 0.25) is 10.0 Å². The molecule has 40 heavy (non-hydrogen) atoms. The largest absolute Gasteiger partial charge is 0.392 e. The second-order valence-corrected chi connectivity index (χ2v) is 12.5. The van der Waals surface area contributed by atoms with Crippen LogP contribution in [0.5, 0.6) is 0 Å². The van der Waals surface area contributed by atoms with Gasteiger partial charge in [-0.1, -0.05) is 79.7 Å². The Kier molecular flexibility index (Phi) is 9.31. The molecule has 7 nitrogen and oxygen atoms in total. The second-order valence-electron chi connectivity index (χ2n) is 9.68. The van der Waals surface area contributed by atoms with E-state index in [1.807, 2.05) is 66.7 Å². The minimum Gasteiger partial charge on any atom is -0.392 e. The van der Waals surface area contributed by atoms with Crippen LogP contribution in [0.1, 0.15) is 41.6 Å². The molecule has 0 radical (unpaired) electrons. The van der Waals surface area contributed by atoms with Crippen molar-refractivity contribution in [1.82, 2.24) is 9.71 Å². The van der Waals surface area contributed by atoms with Crippen molar-refractivity contribution < 1.29 is 23.0 Å². The number of pyridine rings is 1. The van der Waals surface area contributed by atoms with Gasteiger partial charge in [-0.25, -0.2) is 18.1 Å². The molecular weight excluding hydrogens is 544 g/mol. The lowest BCUT2D eigenvalue weighted by molar-refractivity contribution is -0.268. The third kappa shape index (κ3) is 6.98. The third-order valence-corrected chi connectivity index (χ3v) is 9.38. The summed E-state index contributed by atoms with van der Waals surface area (Å²) in [6.45, 7) is 2.29. The summed E-state index contributed by atoms with van der Waals surface area (Å²) in [6.07, 6.45) is 0.874.